The van der Waals surface area contributed by atoms with E-state index in [0.717, 1.165) is 29.7 Å². The first-order chi connectivity index (χ1) is 7.49. The number of hydrogen-bond acceptors (Lipinski definition) is 3. The minimum Gasteiger partial charge on any atom is -0.353 e. The maximum atomic E-state index is 6.10. The predicted molar refractivity (Wildman–Crippen MR) is 67.1 cm³/mol. The highest BCUT2D eigenvalue weighted by molar-refractivity contribution is 6.30. The quantitative estimate of drug-likeness (QED) is 0.706. The molecule has 3 nitrogen and oxygen atoms in total. The van der Waals surface area contributed by atoms with Gasteiger partial charge in [-0.1, -0.05) is 18.5 Å². The van der Waals surface area contributed by atoms with Gasteiger partial charge in [-0.2, -0.15) is 0 Å². The Kier molecular flexibility index (Phi) is 3.06. The molecule has 16 heavy (non-hydrogen) atoms. The lowest BCUT2D eigenvalue weighted by Gasteiger charge is -2.24. The van der Waals surface area contributed by atoms with Crippen LogP contribution in [0.2, 0.25) is 5.15 Å². The minimum absolute atomic E-state index is 0.541. The van der Waals surface area contributed by atoms with Crippen molar-refractivity contribution >= 4 is 17.4 Å². The maximum Gasteiger partial charge on any atom is 0.137 e. The Labute approximate surface area is 102 Å². The third-order valence-electron chi connectivity index (χ3n) is 3.23. The van der Waals surface area contributed by atoms with Crippen molar-refractivity contribution in [2.45, 2.75) is 40.2 Å². The van der Waals surface area contributed by atoms with Crippen LogP contribution in [-0.4, -0.2) is 22.6 Å². The van der Waals surface area contributed by atoms with Gasteiger partial charge in [0, 0.05) is 18.2 Å². The second-order valence-corrected chi connectivity index (χ2v) is 5.21. The van der Waals surface area contributed by atoms with E-state index in [4.69, 9.17) is 11.6 Å². The molecule has 0 saturated carbocycles. The van der Waals surface area contributed by atoms with Gasteiger partial charge in [-0.3, -0.25) is 0 Å². The Morgan fingerprint density at radius 2 is 1.94 bits per heavy atom. The lowest BCUT2D eigenvalue weighted by molar-refractivity contribution is 0.625. The summed E-state index contributed by atoms with van der Waals surface area (Å²) in [5.41, 5.74) is 0.994. The van der Waals surface area contributed by atoms with Gasteiger partial charge < -0.3 is 4.90 Å². The smallest absolute Gasteiger partial charge is 0.137 e. The zero-order chi connectivity index (χ0) is 11.9. The van der Waals surface area contributed by atoms with Crippen molar-refractivity contribution in [3.8, 4) is 0 Å². The standard InChI is InChI=1S/C12H18ClN3/c1-7-5-8(2)16(6-7)12-9(3)11(13)14-10(4)15-12/h7-8H,5-6H2,1-4H3. The highest BCUT2D eigenvalue weighted by Gasteiger charge is 2.28. The lowest BCUT2D eigenvalue weighted by Crippen LogP contribution is -2.28. The number of aromatic nitrogens is 2. The van der Waals surface area contributed by atoms with Crippen LogP contribution in [0.5, 0.6) is 0 Å². The van der Waals surface area contributed by atoms with Crippen LogP contribution in [0, 0.1) is 19.8 Å². The van der Waals surface area contributed by atoms with E-state index in [1.807, 2.05) is 13.8 Å². The van der Waals surface area contributed by atoms with Crippen LogP contribution in [0.4, 0.5) is 5.82 Å². The average Bonchev–Trinajstić information content (AvgIpc) is 2.51. The second-order valence-electron chi connectivity index (χ2n) is 4.85. The number of nitrogens with zero attached hydrogens (tertiary/aromatic N) is 3. The highest BCUT2D eigenvalue weighted by Crippen LogP contribution is 2.31. The first kappa shape index (κ1) is 11.6. The molecule has 0 aliphatic carbocycles. The Bertz CT molecular complexity index is 405. The summed E-state index contributed by atoms with van der Waals surface area (Å²) in [6, 6.07) is 0.541. The second kappa shape index (κ2) is 4.21. The molecule has 0 bridgehead atoms. The van der Waals surface area contributed by atoms with Crippen LogP contribution in [0.25, 0.3) is 0 Å². The van der Waals surface area contributed by atoms with Crippen molar-refractivity contribution in [2.24, 2.45) is 5.92 Å². The van der Waals surface area contributed by atoms with Gasteiger partial charge in [0.05, 0.1) is 0 Å². The molecular formula is C12H18ClN3. The molecule has 1 aromatic heterocycles. The Morgan fingerprint density at radius 3 is 2.50 bits per heavy atom. The van der Waals surface area contributed by atoms with Gasteiger partial charge in [0.25, 0.3) is 0 Å². The number of hydrogen-bond donors (Lipinski definition) is 0. The summed E-state index contributed by atoms with van der Waals surface area (Å²) in [7, 11) is 0. The van der Waals surface area contributed by atoms with E-state index in [9.17, 15) is 0 Å². The number of rotatable bonds is 1. The molecule has 88 valence electrons. The number of anilines is 1. The van der Waals surface area contributed by atoms with Crippen molar-refractivity contribution < 1.29 is 0 Å². The first-order valence-corrected chi connectivity index (χ1v) is 6.14. The first-order valence-electron chi connectivity index (χ1n) is 5.76. The Balaban J connectivity index is 2.40. The molecule has 1 aliphatic heterocycles. The molecule has 2 unspecified atom stereocenters. The van der Waals surface area contributed by atoms with Gasteiger partial charge >= 0.3 is 0 Å². The third-order valence-corrected chi connectivity index (χ3v) is 3.60. The van der Waals surface area contributed by atoms with E-state index in [-0.39, 0.29) is 0 Å². The Hall–Kier alpha value is -0.830. The van der Waals surface area contributed by atoms with E-state index < -0.39 is 0 Å². The molecule has 0 spiro atoms. The van der Waals surface area contributed by atoms with E-state index in [0.29, 0.717) is 11.2 Å². The van der Waals surface area contributed by atoms with Gasteiger partial charge in [0.1, 0.15) is 16.8 Å². The summed E-state index contributed by atoms with van der Waals surface area (Å²) in [6.07, 6.45) is 1.22. The maximum absolute atomic E-state index is 6.10. The topological polar surface area (TPSA) is 29.0 Å². The van der Waals surface area contributed by atoms with Crippen molar-refractivity contribution in [2.75, 3.05) is 11.4 Å². The van der Waals surface area contributed by atoms with Crippen LogP contribution < -0.4 is 4.90 Å². The van der Waals surface area contributed by atoms with Crippen molar-refractivity contribution in [3.63, 3.8) is 0 Å². The molecule has 1 saturated heterocycles. The van der Waals surface area contributed by atoms with Crippen molar-refractivity contribution in [3.05, 3.63) is 16.5 Å². The van der Waals surface area contributed by atoms with Crippen LogP contribution in [-0.2, 0) is 0 Å². The summed E-state index contributed by atoms with van der Waals surface area (Å²) >= 11 is 6.10. The zero-order valence-corrected chi connectivity index (χ0v) is 11.0. The molecule has 1 fully saturated rings. The lowest BCUT2D eigenvalue weighted by atomic mass is 10.1. The van der Waals surface area contributed by atoms with Crippen molar-refractivity contribution in [1.29, 1.82) is 0 Å². The van der Waals surface area contributed by atoms with E-state index in [1.54, 1.807) is 0 Å². The third kappa shape index (κ3) is 2.01. The van der Waals surface area contributed by atoms with Gasteiger partial charge in [-0.15, -0.1) is 0 Å². The fraction of sp³-hybridized carbons (Fsp3) is 0.667. The largest absolute Gasteiger partial charge is 0.353 e. The summed E-state index contributed by atoms with van der Waals surface area (Å²) in [5, 5.41) is 0.578. The molecule has 4 heteroatoms. The Morgan fingerprint density at radius 1 is 1.25 bits per heavy atom. The zero-order valence-electron chi connectivity index (χ0n) is 10.3. The van der Waals surface area contributed by atoms with Crippen LogP contribution in [0.15, 0.2) is 0 Å². The van der Waals surface area contributed by atoms with E-state index in [2.05, 4.69) is 28.7 Å². The molecule has 2 heterocycles. The predicted octanol–water partition coefficient (Wildman–Crippen LogP) is 2.98. The van der Waals surface area contributed by atoms with E-state index in [1.165, 1.54) is 6.42 Å². The summed E-state index contributed by atoms with van der Waals surface area (Å²) < 4.78 is 0. The van der Waals surface area contributed by atoms with Gasteiger partial charge in [0.2, 0.25) is 0 Å². The molecular weight excluding hydrogens is 222 g/mol. The molecule has 2 atom stereocenters. The normalized spacial score (nSPS) is 25.2. The highest BCUT2D eigenvalue weighted by atomic mass is 35.5. The molecule has 0 amide bonds. The molecule has 1 aromatic rings. The SMILES string of the molecule is Cc1nc(Cl)c(C)c(N2CC(C)CC2C)n1. The van der Waals surface area contributed by atoms with Crippen molar-refractivity contribution in [1.82, 2.24) is 9.97 Å². The van der Waals surface area contributed by atoms with Crippen LogP contribution >= 0.6 is 11.6 Å². The fourth-order valence-electron chi connectivity index (χ4n) is 2.45. The van der Waals surface area contributed by atoms with Gasteiger partial charge in [-0.05, 0) is 33.1 Å². The monoisotopic (exact) mass is 239 g/mol. The number of aryl methyl sites for hydroxylation is 1. The molecule has 1 aliphatic rings. The van der Waals surface area contributed by atoms with E-state index >= 15 is 0 Å². The van der Waals surface area contributed by atoms with Crippen LogP contribution in [0.3, 0.4) is 0 Å². The molecule has 0 radical (unpaired) electrons. The molecule has 0 N–H and O–H groups in total. The average molecular weight is 240 g/mol. The summed E-state index contributed by atoms with van der Waals surface area (Å²) in [6.45, 7) is 9.47. The molecule has 0 aromatic carbocycles. The minimum atomic E-state index is 0.541. The van der Waals surface area contributed by atoms with Gasteiger partial charge in [0.15, 0.2) is 0 Å². The van der Waals surface area contributed by atoms with Gasteiger partial charge in [-0.25, -0.2) is 9.97 Å². The summed E-state index contributed by atoms with van der Waals surface area (Å²) in [5.74, 6) is 2.48. The number of halogens is 1. The fourth-order valence-corrected chi connectivity index (χ4v) is 2.66. The molecule has 2 rings (SSSR count). The van der Waals surface area contributed by atoms with Crippen LogP contribution in [0.1, 0.15) is 31.7 Å². The summed E-state index contributed by atoms with van der Waals surface area (Å²) in [4.78, 5) is 11.1.